The summed E-state index contributed by atoms with van der Waals surface area (Å²) in [5.74, 6) is 0.885. The summed E-state index contributed by atoms with van der Waals surface area (Å²) in [5.41, 5.74) is 0.797. The Labute approximate surface area is 130 Å². The van der Waals surface area contributed by atoms with Crippen molar-refractivity contribution < 1.29 is 4.39 Å². The van der Waals surface area contributed by atoms with Crippen LogP contribution in [0.4, 0.5) is 4.39 Å². The summed E-state index contributed by atoms with van der Waals surface area (Å²) >= 11 is 1.67. The third kappa shape index (κ3) is 5.56. The Morgan fingerprint density at radius 1 is 1.19 bits per heavy atom. The maximum atomic E-state index is 13.8. The van der Waals surface area contributed by atoms with Crippen molar-refractivity contribution >= 4 is 11.3 Å². The lowest BCUT2D eigenvalue weighted by atomic mass is 9.95. The second kappa shape index (κ2) is 8.25. The number of hydrogen-bond acceptors (Lipinski definition) is 3. The molecule has 21 heavy (non-hydrogen) atoms. The van der Waals surface area contributed by atoms with Crippen LogP contribution in [0.15, 0.2) is 35.8 Å². The average Bonchev–Trinajstić information content (AvgIpc) is 2.93. The van der Waals surface area contributed by atoms with E-state index in [9.17, 15) is 4.39 Å². The average molecular weight is 306 g/mol. The molecular weight excluding hydrogens is 283 g/mol. The highest BCUT2D eigenvalue weighted by atomic mass is 32.1. The summed E-state index contributed by atoms with van der Waals surface area (Å²) in [4.78, 5) is 4.36. The van der Waals surface area contributed by atoms with Gasteiger partial charge in [0.25, 0.3) is 0 Å². The molecule has 0 bridgehead atoms. The molecule has 0 aliphatic heterocycles. The number of benzene rings is 1. The first-order valence-electron chi connectivity index (χ1n) is 7.47. The van der Waals surface area contributed by atoms with Crippen LogP contribution in [0.25, 0.3) is 0 Å². The molecule has 1 unspecified atom stereocenters. The zero-order valence-electron chi connectivity index (χ0n) is 12.7. The Morgan fingerprint density at radius 3 is 2.67 bits per heavy atom. The molecule has 0 radical (unpaired) electrons. The van der Waals surface area contributed by atoms with E-state index in [0.717, 1.165) is 36.5 Å². The SMILES string of the molecule is CC(C)CNCC(Cc1nccs1)Cc1ccccc1F. The third-order valence-electron chi connectivity index (χ3n) is 3.40. The van der Waals surface area contributed by atoms with E-state index < -0.39 is 0 Å². The number of nitrogens with one attached hydrogen (secondary N) is 1. The third-order valence-corrected chi connectivity index (χ3v) is 4.20. The molecule has 1 heterocycles. The summed E-state index contributed by atoms with van der Waals surface area (Å²) in [6, 6.07) is 7.07. The highest BCUT2D eigenvalue weighted by Crippen LogP contribution is 2.18. The van der Waals surface area contributed by atoms with Gasteiger partial charge in [0, 0.05) is 18.0 Å². The second-order valence-electron chi connectivity index (χ2n) is 5.84. The predicted molar refractivity (Wildman–Crippen MR) is 87.1 cm³/mol. The molecule has 2 rings (SSSR count). The van der Waals surface area contributed by atoms with Gasteiger partial charge >= 0.3 is 0 Å². The largest absolute Gasteiger partial charge is 0.316 e. The number of rotatable bonds is 8. The van der Waals surface area contributed by atoms with Gasteiger partial charge in [-0.3, -0.25) is 0 Å². The van der Waals surface area contributed by atoms with Gasteiger partial charge in [-0.25, -0.2) is 9.37 Å². The summed E-state index contributed by atoms with van der Waals surface area (Å²) in [6.07, 6.45) is 3.48. The Kier molecular flexibility index (Phi) is 6.33. The molecule has 1 atom stereocenters. The van der Waals surface area contributed by atoms with Crippen LogP contribution in [0.5, 0.6) is 0 Å². The lowest BCUT2D eigenvalue weighted by molar-refractivity contribution is 0.438. The molecule has 0 amide bonds. The monoisotopic (exact) mass is 306 g/mol. The summed E-state index contributed by atoms with van der Waals surface area (Å²) in [6.45, 7) is 6.27. The molecule has 0 saturated carbocycles. The molecule has 0 fully saturated rings. The van der Waals surface area contributed by atoms with Crippen LogP contribution in [0.3, 0.4) is 0 Å². The van der Waals surface area contributed by atoms with Crippen LogP contribution in [0.2, 0.25) is 0 Å². The van der Waals surface area contributed by atoms with Crippen molar-refractivity contribution in [3.63, 3.8) is 0 Å². The number of thiazole rings is 1. The fourth-order valence-corrected chi connectivity index (χ4v) is 3.10. The Morgan fingerprint density at radius 2 is 2.00 bits per heavy atom. The van der Waals surface area contributed by atoms with Gasteiger partial charge in [0.15, 0.2) is 0 Å². The smallest absolute Gasteiger partial charge is 0.126 e. The van der Waals surface area contributed by atoms with E-state index in [1.807, 2.05) is 23.7 Å². The van der Waals surface area contributed by atoms with Crippen molar-refractivity contribution in [1.29, 1.82) is 0 Å². The van der Waals surface area contributed by atoms with E-state index in [0.29, 0.717) is 11.8 Å². The van der Waals surface area contributed by atoms with Gasteiger partial charge in [0.1, 0.15) is 5.82 Å². The molecule has 2 nitrogen and oxygen atoms in total. The fraction of sp³-hybridized carbons (Fsp3) is 0.471. The van der Waals surface area contributed by atoms with E-state index in [4.69, 9.17) is 0 Å². The highest BCUT2D eigenvalue weighted by molar-refractivity contribution is 7.09. The number of halogens is 1. The van der Waals surface area contributed by atoms with E-state index >= 15 is 0 Å². The van der Waals surface area contributed by atoms with Gasteiger partial charge in [-0.1, -0.05) is 32.0 Å². The first-order chi connectivity index (χ1) is 10.1. The van der Waals surface area contributed by atoms with Crippen LogP contribution < -0.4 is 5.32 Å². The number of nitrogens with zero attached hydrogens (tertiary/aromatic N) is 1. The molecule has 0 saturated heterocycles. The summed E-state index contributed by atoms with van der Waals surface area (Å²) in [5, 5.41) is 6.62. The van der Waals surface area contributed by atoms with E-state index in [1.165, 1.54) is 6.07 Å². The topological polar surface area (TPSA) is 24.9 Å². The molecule has 1 aromatic carbocycles. The van der Waals surface area contributed by atoms with Crippen LogP contribution >= 0.6 is 11.3 Å². The van der Waals surface area contributed by atoms with E-state index in [1.54, 1.807) is 17.4 Å². The van der Waals surface area contributed by atoms with Gasteiger partial charge in [-0.2, -0.15) is 0 Å². The minimum absolute atomic E-state index is 0.106. The van der Waals surface area contributed by atoms with Crippen molar-refractivity contribution in [3.05, 3.63) is 52.2 Å². The maximum Gasteiger partial charge on any atom is 0.126 e. The zero-order valence-corrected chi connectivity index (χ0v) is 13.5. The van der Waals surface area contributed by atoms with E-state index in [-0.39, 0.29) is 5.82 Å². The van der Waals surface area contributed by atoms with Crippen molar-refractivity contribution in [3.8, 4) is 0 Å². The van der Waals surface area contributed by atoms with Crippen LogP contribution in [-0.4, -0.2) is 18.1 Å². The Balaban J connectivity index is 1.98. The first kappa shape index (κ1) is 16.1. The summed E-state index contributed by atoms with van der Waals surface area (Å²) < 4.78 is 13.8. The molecule has 2 aromatic rings. The fourth-order valence-electron chi connectivity index (χ4n) is 2.37. The molecule has 114 valence electrons. The van der Waals surface area contributed by atoms with Crippen molar-refractivity contribution in [1.82, 2.24) is 10.3 Å². The van der Waals surface area contributed by atoms with Gasteiger partial charge in [-0.05, 0) is 43.0 Å². The molecule has 0 aliphatic rings. The summed E-state index contributed by atoms with van der Waals surface area (Å²) in [7, 11) is 0. The quantitative estimate of drug-likeness (QED) is 0.799. The Hall–Kier alpha value is -1.26. The first-order valence-corrected chi connectivity index (χ1v) is 8.35. The lowest BCUT2D eigenvalue weighted by Crippen LogP contribution is -2.29. The van der Waals surface area contributed by atoms with Crippen LogP contribution in [-0.2, 0) is 12.8 Å². The maximum absolute atomic E-state index is 13.8. The lowest BCUT2D eigenvalue weighted by Gasteiger charge is -2.18. The van der Waals surface area contributed by atoms with Gasteiger partial charge < -0.3 is 5.32 Å². The normalized spacial score (nSPS) is 12.8. The molecule has 1 aromatic heterocycles. The molecule has 0 aliphatic carbocycles. The van der Waals surface area contributed by atoms with Crippen molar-refractivity contribution in [2.24, 2.45) is 11.8 Å². The van der Waals surface area contributed by atoms with Crippen LogP contribution in [0, 0.1) is 17.7 Å². The standard InChI is InChI=1S/C17H23FN2S/c1-13(2)11-19-12-14(10-17-20-7-8-21-17)9-15-5-3-4-6-16(15)18/h3-8,13-14,19H,9-12H2,1-2H3. The molecule has 0 spiro atoms. The van der Waals surface area contributed by atoms with Crippen molar-refractivity contribution in [2.75, 3.05) is 13.1 Å². The highest BCUT2D eigenvalue weighted by Gasteiger charge is 2.14. The van der Waals surface area contributed by atoms with Crippen molar-refractivity contribution in [2.45, 2.75) is 26.7 Å². The molecule has 1 N–H and O–H groups in total. The van der Waals surface area contributed by atoms with Gasteiger partial charge in [0.2, 0.25) is 0 Å². The van der Waals surface area contributed by atoms with Crippen LogP contribution in [0.1, 0.15) is 24.4 Å². The minimum atomic E-state index is -0.106. The molecule has 4 heteroatoms. The number of aromatic nitrogens is 1. The second-order valence-corrected chi connectivity index (χ2v) is 6.82. The Bertz CT molecular complexity index is 525. The predicted octanol–water partition coefficient (Wildman–Crippen LogP) is 3.93. The van der Waals surface area contributed by atoms with Gasteiger partial charge in [-0.15, -0.1) is 11.3 Å². The number of hydrogen-bond donors (Lipinski definition) is 1. The molecular formula is C17H23FN2S. The minimum Gasteiger partial charge on any atom is -0.316 e. The van der Waals surface area contributed by atoms with E-state index in [2.05, 4.69) is 24.1 Å². The zero-order chi connectivity index (χ0) is 15.1. The van der Waals surface area contributed by atoms with Gasteiger partial charge in [0.05, 0.1) is 5.01 Å².